The van der Waals surface area contributed by atoms with Gasteiger partial charge in [-0.2, -0.15) is 0 Å². The molecule has 3 aromatic rings. The van der Waals surface area contributed by atoms with Crippen LogP contribution in [-0.2, 0) is 19.5 Å². The van der Waals surface area contributed by atoms with Crippen molar-refractivity contribution in [2.45, 2.75) is 50.9 Å². The van der Waals surface area contributed by atoms with Gasteiger partial charge in [-0.1, -0.05) is 6.07 Å². The Labute approximate surface area is 191 Å². The maximum absolute atomic E-state index is 12.6. The highest BCUT2D eigenvalue weighted by Crippen LogP contribution is 2.25. The van der Waals surface area contributed by atoms with Crippen LogP contribution in [0.5, 0.6) is 5.88 Å². The van der Waals surface area contributed by atoms with E-state index in [2.05, 4.69) is 32.3 Å². The van der Waals surface area contributed by atoms with Gasteiger partial charge in [0.15, 0.2) is 0 Å². The Kier molecular flexibility index (Phi) is 5.22. The number of hydrogen-bond acceptors (Lipinski definition) is 7. The van der Waals surface area contributed by atoms with Crippen LogP contribution in [0.3, 0.4) is 0 Å². The SMILES string of the molecule is O=c1ccc2ncc(=O)n3c2n1C[C@@H]3CN1CCC(NCc2ccc3c(n2)OCCC3)CC1. The molecule has 3 aliphatic heterocycles. The van der Waals surface area contributed by atoms with Crippen molar-refractivity contribution in [3.63, 3.8) is 0 Å². The molecule has 0 spiro atoms. The first-order valence-electron chi connectivity index (χ1n) is 11.8. The number of piperidine rings is 1. The molecule has 172 valence electrons. The van der Waals surface area contributed by atoms with Crippen molar-refractivity contribution in [1.82, 2.24) is 29.3 Å². The van der Waals surface area contributed by atoms with Crippen LogP contribution in [0.15, 0.2) is 40.1 Å². The molecule has 0 amide bonds. The first kappa shape index (κ1) is 20.6. The Bertz CT molecular complexity index is 1300. The van der Waals surface area contributed by atoms with Crippen molar-refractivity contribution in [2.75, 3.05) is 26.2 Å². The zero-order valence-electron chi connectivity index (χ0n) is 18.6. The fraction of sp³-hybridized carbons (Fsp3) is 0.500. The third kappa shape index (κ3) is 3.85. The van der Waals surface area contributed by atoms with Gasteiger partial charge in [0.05, 0.1) is 24.5 Å². The average molecular weight is 449 g/mol. The van der Waals surface area contributed by atoms with Crippen molar-refractivity contribution >= 4 is 11.2 Å². The summed E-state index contributed by atoms with van der Waals surface area (Å²) in [7, 11) is 0. The van der Waals surface area contributed by atoms with Gasteiger partial charge in [0.25, 0.3) is 11.1 Å². The Balaban J connectivity index is 1.06. The number of aryl methyl sites for hydroxylation is 1. The number of rotatable bonds is 5. The Morgan fingerprint density at radius 1 is 1.09 bits per heavy atom. The van der Waals surface area contributed by atoms with E-state index in [1.54, 1.807) is 15.2 Å². The zero-order chi connectivity index (χ0) is 22.4. The normalized spacial score (nSPS) is 20.7. The number of pyridine rings is 2. The highest BCUT2D eigenvalue weighted by atomic mass is 16.5. The van der Waals surface area contributed by atoms with Crippen LogP contribution in [0.1, 0.15) is 36.6 Å². The quantitative estimate of drug-likeness (QED) is 0.624. The van der Waals surface area contributed by atoms with E-state index in [9.17, 15) is 9.59 Å². The lowest BCUT2D eigenvalue weighted by Gasteiger charge is -2.34. The first-order chi connectivity index (χ1) is 16.2. The summed E-state index contributed by atoms with van der Waals surface area (Å²) >= 11 is 0. The molecule has 0 unspecified atom stereocenters. The summed E-state index contributed by atoms with van der Waals surface area (Å²) in [6.45, 7) is 4.71. The van der Waals surface area contributed by atoms with Crippen LogP contribution in [0.25, 0.3) is 11.2 Å². The largest absolute Gasteiger partial charge is 0.477 e. The minimum atomic E-state index is -0.137. The van der Waals surface area contributed by atoms with E-state index in [1.807, 2.05) is 0 Å². The van der Waals surface area contributed by atoms with Gasteiger partial charge in [0.2, 0.25) is 5.88 Å². The van der Waals surface area contributed by atoms with Gasteiger partial charge in [0, 0.05) is 37.3 Å². The van der Waals surface area contributed by atoms with Gasteiger partial charge < -0.3 is 15.0 Å². The lowest BCUT2D eigenvalue weighted by atomic mass is 10.0. The second-order valence-electron chi connectivity index (χ2n) is 9.29. The van der Waals surface area contributed by atoms with E-state index in [4.69, 9.17) is 4.74 Å². The van der Waals surface area contributed by atoms with Crippen LogP contribution in [0.2, 0.25) is 0 Å². The Morgan fingerprint density at radius 2 is 1.97 bits per heavy atom. The Hall–Kier alpha value is -3.04. The number of hydrogen-bond donors (Lipinski definition) is 1. The zero-order valence-corrected chi connectivity index (χ0v) is 18.6. The molecule has 3 aromatic heterocycles. The summed E-state index contributed by atoms with van der Waals surface area (Å²) in [5.74, 6) is 0.799. The van der Waals surface area contributed by atoms with Gasteiger partial charge >= 0.3 is 0 Å². The molecule has 0 aromatic carbocycles. The third-order valence-electron chi connectivity index (χ3n) is 7.13. The van der Waals surface area contributed by atoms with E-state index < -0.39 is 0 Å². The molecule has 6 rings (SSSR count). The smallest absolute Gasteiger partial charge is 0.270 e. The fourth-order valence-electron chi connectivity index (χ4n) is 5.38. The molecule has 9 nitrogen and oxygen atoms in total. The molecule has 9 heteroatoms. The minimum Gasteiger partial charge on any atom is -0.477 e. The summed E-state index contributed by atoms with van der Waals surface area (Å²) in [6, 6.07) is 7.88. The maximum atomic E-state index is 12.6. The number of fused-ring (bicyclic) bond motifs is 1. The van der Waals surface area contributed by atoms with Crippen LogP contribution in [0.4, 0.5) is 0 Å². The van der Waals surface area contributed by atoms with E-state index in [0.717, 1.165) is 70.0 Å². The van der Waals surface area contributed by atoms with Crippen molar-refractivity contribution in [2.24, 2.45) is 0 Å². The molecule has 0 radical (unpaired) electrons. The predicted molar refractivity (Wildman–Crippen MR) is 124 cm³/mol. The number of nitrogens with zero attached hydrogens (tertiary/aromatic N) is 5. The van der Waals surface area contributed by atoms with Crippen LogP contribution in [-0.4, -0.2) is 56.3 Å². The lowest BCUT2D eigenvalue weighted by molar-refractivity contribution is 0.171. The summed E-state index contributed by atoms with van der Waals surface area (Å²) in [5.41, 5.74) is 3.37. The van der Waals surface area contributed by atoms with Gasteiger partial charge in [0.1, 0.15) is 11.2 Å². The fourth-order valence-corrected chi connectivity index (χ4v) is 5.38. The molecule has 1 N–H and O–H groups in total. The van der Waals surface area contributed by atoms with Gasteiger partial charge in [-0.3, -0.25) is 18.7 Å². The van der Waals surface area contributed by atoms with E-state index in [1.165, 1.54) is 17.8 Å². The second kappa shape index (κ2) is 8.39. The van der Waals surface area contributed by atoms with E-state index >= 15 is 0 Å². The van der Waals surface area contributed by atoms with Crippen molar-refractivity contribution in [1.29, 1.82) is 0 Å². The van der Waals surface area contributed by atoms with Gasteiger partial charge in [-0.25, -0.2) is 9.97 Å². The molecule has 33 heavy (non-hydrogen) atoms. The van der Waals surface area contributed by atoms with Crippen molar-refractivity contribution in [3.8, 4) is 5.88 Å². The molecular weight excluding hydrogens is 420 g/mol. The molecule has 0 bridgehead atoms. The second-order valence-corrected chi connectivity index (χ2v) is 9.29. The van der Waals surface area contributed by atoms with Gasteiger partial charge in [-0.05, 0) is 50.9 Å². The molecule has 6 heterocycles. The standard InChI is InChI=1S/C24H28N6O3/c31-21-6-5-20-24-29(21)15-19(30(24)22(32)13-26-20)14-28-9-7-17(8-10-28)25-12-18-4-3-16-2-1-11-33-23(16)27-18/h3-6,13,17,19,25H,1-2,7-12,14-15H2/t19-/m0/s1. The number of aromatic nitrogens is 4. The monoisotopic (exact) mass is 448 g/mol. The minimum absolute atomic E-state index is 0.0395. The summed E-state index contributed by atoms with van der Waals surface area (Å²) in [5, 5.41) is 3.65. The average Bonchev–Trinajstić information content (AvgIpc) is 3.23. The first-order valence-corrected chi connectivity index (χ1v) is 11.8. The summed E-state index contributed by atoms with van der Waals surface area (Å²) in [4.78, 5) is 36.2. The third-order valence-corrected chi connectivity index (χ3v) is 7.13. The number of likely N-dealkylation sites (tertiary alicyclic amines) is 1. The number of nitrogens with one attached hydrogen (secondary N) is 1. The Morgan fingerprint density at radius 3 is 2.85 bits per heavy atom. The predicted octanol–water partition coefficient (Wildman–Crippen LogP) is 1.09. The van der Waals surface area contributed by atoms with E-state index in [0.29, 0.717) is 23.8 Å². The lowest BCUT2D eigenvalue weighted by Crippen LogP contribution is -2.44. The molecule has 1 saturated heterocycles. The molecule has 3 aliphatic rings. The molecule has 0 saturated carbocycles. The van der Waals surface area contributed by atoms with Crippen LogP contribution in [0, 0.1) is 0 Å². The van der Waals surface area contributed by atoms with Gasteiger partial charge in [-0.15, -0.1) is 0 Å². The molecular formula is C24H28N6O3. The van der Waals surface area contributed by atoms with Crippen LogP contribution >= 0.6 is 0 Å². The topological polar surface area (TPSA) is 94.3 Å². The molecule has 1 fully saturated rings. The summed E-state index contributed by atoms with van der Waals surface area (Å²) in [6.07, 6.45) is 5.57. The molecule has 0 aliphatic carbocycles. The molecule has 1 atom stereocenters. The van der Waals surface area contributed by atoms with Crippen LogP contribution < -0.4 is 21.2 Å². The van der Waals surface area contributed by atoms with Crippen molar-refractivity contribution in [3.05, 3.63) is 62.4 Å². The van der Waals surface area contributed by atoms with E-state index in [-0.39, 0.29) is 17.2 Å². The number of ether oxygens (including phenoxy) is 1. The van der Waals surface area contributed by atoms with Crippen molar-refractivity contribution < 1.29 is 4.74 Å². The highest BCUT2D eigenvalue weighted by Gasteiger charge is 2.29. The maximum Gasteiger partial charge on any atom is 0.270 e. The summed E-state index contributed by atoms with van der Waals surface area (Å²) < 4.78 is 9.15. The highest BCUT2D eigenvalue weighted by molar-refractivity contribution is 5.71.